The second-order valence-electron chi connectivity index (χ2n) is 2.30. The summed E-state index contributed by atoms with van der Waals surface area (Å²) in [7, 11) is 1.27. The maximum Gasteiger partial charge on any atom is 0.360 e. The van der Waals surface area contributed by atoms with E-state index >= 15 is 0 Å². The first kappa shape index (κ1) is 9.13. The lowest BCUT2D eigenvalue weighted by molar-refractivity contribution is 0.0596. The van der Waals surface area contributed by atoms with E-state index in [1.54, 1.807) is 0 Å². The van der Waals surface area contributed by atoms with Crippen molar-refractivity contribution in [3.63, 3.8) is 0 Å². The van der Waals surface area contributed by atoms with Crippen LogP contribution in [0.25, 0.3) is 0 Å². The van der Waals surface area contributed by atoms with E-state index in [4.69, 9.17) is 12.2 Å². The second-order valence-corrected chi connectivity index (χ2v) is 2.30. The van der Waals surface area contributed by atoms with Crippen LogP contribution in [0.4, 0.5) is 5.82 Å². The molecular weight excluding hydrogens is 170 g/mol. The maximum absolute atomic E-state index is 11.0. The van der Waals surface area contributed by atoms with Crippen LogP contribution in [0.3, 0.4) is 0 Å². The molecule has 5 heteroatoms. The van der Waals surface area contributed by atoms with Crippen LogP contribution >= 0.6 is 0 Å². The van der Waals surface area contributed by atoms with Gasteiger partial charge in [0.2, 0.25) is 0 Å². The van der Waals surface area contributed by atoms with Crippen molar-refractivity contribution in [1.29, 1.82) is 0 Å². The molecule has 0 aliphatic heterocycles. The molecule has 1 heterocycles. The van der Waals surface area contributed by atoms with Gasteiger partial charge in [-0.25, -0.2) is 9.78 Å². The number of ether oxygens (including phenoxy) is 1. The number of terminal acetylenes is 1. The standard InChI is InChI=1S/C8H9N3O2/c1-3-4-11-5-10-6(7(11)9)8(12)13-2/h1,5H,4,9H2,2H3. The molecule has 2 N–H and O–H groups in total. The third-order valence-corrected chi connectivity index (χ3v) is 1.52. The fourth-order valence-electron chi connectivity index (χ4n) is 0.870. The number of carbonyl (C=O) groups excluding carboxylic acids is 1. The zero-order valence-corrected chi connectivity index (χ0v) is 7.15. The van der Waals surface area contributed by atoms with Gasteiger partial charge in [-0.3, -0.25) is 0 Å². The van der Waals surface area contributed by atoms with Gasteiger partial charge in [-0.05, 0) is 0 Å². The van der Waals surface area contributed by atoms with Crippen LogP contribution in [-0.2, 0) is 11.3 Å². The summed E-state index contributed by atoms with van der Waals surface area (Å²) >= 11 is 0. The molecule has 0 saturated heterocycles. The molecule has 0 radical (unpaired) electrons. The van der Waals surface area contributed by atoms with E-state index in [1.807, 2.05) is 0 Å². The number of anilines is 1. The number of esters is 1. The molecule has 1 rings (SSSR count). The molecule has 0 bridgehead atoms. The number of aromatic nitrogens is 2. The Labute approximate surface area is 75.5 Å². The smallest absolute Gasteiger partial charge is 0.360 e. The van der Waals surface area contributed by atoms with Crippen LogP contribution in [0.15, 0.2) is 6.33 Å². The van der Waals surface area contributed by atoms with Gasteiger partial charge in [0.1, 0.15) is 5.82 Å². The maximum atomic E-state index is 11.0. The van der Waals surface area contributed by atoms with Gasteiger partial charge in [-0.2, -0.15) is 0 Å². The van der Waals surface area contributed by atoms with Crippen LogP contribution in [-0.4, -0.2) is 22.6 Å². The summed E-state index contributed by atoms with van der Waals surface area (Å²) in [6, 6.07) is 0. The fraction of sp³-hybridized carbons (Fsp3) is 0.250. The summed E-state index contributed by atoms with van der Waals surface area (Å²) in [5, 5.41) is 0. The lowest BCUT2D eigenvalue weighted by atomic mass is 10.4. The van der Waals surface area contributed by atoms with Crippen molar-refractivity contribution in [2.45, 2.75) is 6.54 Å². The van der Waals surface area contributed by atoms with Crippen molar-refractivity contribution >= 4 is 11.8 Å². The molecule has 0 saturated carbocycles. The second kappa shape index (κ2) is 3.63. The number of carbonyl (C=O) groups is 1. The number of rotatable bonds is 2. The first-order valence-corrected chi connectivity index (χ1v) is 3.53. The average molecular weight is 179 g/mol. The third kappa shape index (κ3) is 1.62. The summed E-state index contributed by atoms with van der Waals surface area (Å²) < 4.78 is 5.95. The minimum absolute atomic E-state index is 0.0951. The van der Waals surface area contributed by atoms with Crippen LogP contribution in [0, 0.1) is 12.3 Å². The highest BCUT2D eigenvalue weighted by Gasteiger charge is 2.15. The third-order valence-electron chi connectivity index (χ3n) is 1.52. The Morgan fingerprint density at radius 2 is 2.62 bits per heavy atom. The van der Waals surface area contributed by atoms with Gasteiger partial charge in [-0.15, -0.1) is 6.42 Å². The predicted molar refractivity (Wildman–Crippen MR) is 46.8 cm³/mol. The van der Waals surface area contributed by atoms with E-state index in [2.05, 4.69) is 15.6 Å². The molecule has 5 nitrogen and oxygen atoms in total. The largest absolute Gasteiger partial charge is 0.464 e. The number of methoxy groups -OCH3 is 1. The molecular formula is C8H9N3O2. The number of nitrogen functional groups attached to an aromatic ring is 1. The zero-order chi connectivity index (χ0) is 9.84. The van der Waals surface area contributed by atoms with Gasteiger partial charge in [-0.1, -0.05) is 5.92 Å². The highest BCUT2D eigenvalue weighted by atomic mass is 16.5. The topological polar surface area (TPSA) is 70.1 Å². The van der Waals surface area contributed by atoms with Gasteiger partial charge in [0.05, 0.1) is 20.0 Å². The van der Waals surface area contributed by atoms with Crippen molar-refractivity contribution in [2.24, 2.45) is 0 Å². The first-order chi connectivity index (χ1) is 6.20. The zero-order valence-electron chi connectivity index (χ0n) is 7.15. The molecule has 0 aliphatic carbocycles. The Morgan fingerprint density at radius 3 is 3.15 bits per heavy atom. The fourth-order valence-corrected chi connectivity index (χ4v) is 0.870. The molecule has 68 valence electrons. The molecule has 0 aromatic carbocycles. The van der Waals surface area contributed by atoms with Gasteiger partial charge in [0.15, 0.2) is 5.69 Å². The summed E-state index contributed by atoms with van der Waals surface area (Å²) in [4.78, 5) is 14.8. The quantitative estimate of drug-likeness (QED) is 0.507. The summed E-state index contributed by atoms with van der Waals surface area (Å²) in [6.07, 6.45) is 6.48. The Bertz CT molecular complexity index is 362. The SMILES string of the molecule is C#CCn1cnc(C(=O)OC)c1N. The van der Waals surface area contributed by atoms with Crippen molar-refractivity contribution in [3.8, 4) is 12.3 Å². The van der Waals surface area contributed by atoms with Crippen molar-refractivity contribution in [3.05, 3.63) is 12.0 Å². The molecule has 0 aliphatic rings. The molecule has 0 spiro atoms. The first-order valence-electron chi connectivity index (χ1n) is 3.53. The number of nitrogens with two attached hydrogens (primary N) is 1. The minimum Gasteiger partial charge on any atom is -0.464 e. The van der Waals surface area contributed by atoms with Crippen molar-refractivity contribution in [2.75, 3.05) is 12.8 Å². The molecule has 0 unspecified atom stereocenters. The lowest BCUT2D eigenvalue weighted by Crippen LogP contribution is -2.07. The van der Waals surface area contributed by atoms with Crippen molar-refractivity contribution < 1.29 is 9.53 Å². The van der Waals surface area contributed by atoms with Crippen LogP contribution in [0.1, 0.15) is 10.5 Å². The Morgan fingerprint density at radius 1 is 1.92 bits per heavy atom. The average Bonchev–Trinajstić information content (AvgIpc) is 2.48. The predicted octanol–water partition coefficient (Wildman–Crippen LogP) is -0.115. The van der Waals surface area contributed by atoms with E-state index in [9.17, 15) is 4.79 Å². The summed E-state index contributed by atoms with van der Waals surface area (Å²) in [5.74, 6) is 2.05. The van der Waals surface area contributed by atoms with E-state index < -0.39 is 5.97 Å². The van der Waals surface area contributed by atoms with Crippen molar-refractivity contribution in [1.82, 2.24) is 9.55 Å². The molecule has 0 atom stereocenters. The Balaban J connectivity index is 3.00. The normalized spacial score (nSPS) is 9.23. The molecule has 13 heavy (non-hydrogen) atoms. The van der Waals surface area contributed by atoms with E-state index in [-0.39, 0.29) is 18.1 Å². The molecule has 0 fully saturated rings. The monoisotopic (exact) mass is 179 g/mol. The molecule has 1 aromatic rings. The van der Waals surface area contributed by atoms with E-state index in [0.29, 0.717) is 0 Å². The highest BCUT2D eigenvalue weighted by molar-refractivity contribution is 5.92. The van der Waals surface area contributed by atoms with Crippen LogP contribution < -0.4 is 5.73 Å². The van der Waals surface area contributed by atoms with Crippen LogP contribution in [0.5, 0.6) is 0 Å². The minimum atomic E-state index is -0.562. The summed E-state index contributed by atoms with van der Waals surface area (Å²) in [6.45, 7) is 0.288. The Hall–Kier alpha value is -1.96. The van der Waals surface area contributed by atoms with Gasteiger partial charge in [0, 0.05) is 0 Å². The van der Waals surface area contributed by atoms with Gasteiger partial charge < -0.3 is 15.0 Å². The number of imidazole rings is 1. The molecule has 1 aromatic heterocycles. The Kier molecular flexibility index (Phi) is 2.55. The number of hydrogen-bond acceptors (Lipinski definition) is 4. The number of nitrogens with zero attached hydrogens (tertiary/aromatic N) is 2. The number of hydrogen-bond donors (Lipinski definition) is 1. The van der Waals surface area contributed by atoms with Gasteiger partial charge >= 0.3 is 5.97 Å². The van der Waals surface area contributed by atoms with E-state index in [1.165, 1.54) is 18.0 Å². The molecule has 0 amide bonds. The highest BCUT2D eigenvalue weighted by Crippen LogP contribution is 2.10. The summed E-state index contributed by atoms with van der Waals surface area (Å²) in [5.41, 5.74) is 5.67. The lowest BCUT2D eigenvalue weighted by Gasteiger charge is -1.99. The van der Waals surface area contributed by atoms with E-state index in [0.717, 1.165) is 0 Å². The van der Waals surface area contributed by atoms with Gasteiger partial charge in [0.25, 0.3) is 0 Å². The van der Waals surface area contributed by atoms with Crippen LogP contribution in [0.2, 0.25) is 0 Å².